The molecule has 3 heteroatoms. The normalized spacial score (nSPS) is 9.93. The van der Waals surface area contributed by atoms with Crippen LogP contribution in [0.15, 0.2) is 16.6 Å². The number of carbonyl (C=O) groups is 1. The quantitative estimate of drug-likeness (QED) is 0.775. The van der Waals surface area contributed by atoms with Crippen LogP contribution in [0.1, 0.15) is 17.5 Å². The summed E-state index contributed by atoms with van der Waals surface area (Å²) >= 11 is 3.42. The van der Waals surface area contributed by atoms with Crippen LogP contribution in [0.25, 0.3) is 0 Å². The standard InChI is InChI=1S/C11H13BrO2/c1-8-6-10(12)7-9(4-3-5-13)11(8)14-2/h5-7H,3-4H2,1-2H3. The molecule has 0 N–H and O–H groups in total. The van der Waals surface area contributed by atoms with Crippen LogP contribution in [-0.2, 0) is 11.2 Å². The summed E-state index contributed by atoms with van der Waals surface area (Å²) in [5, 5.41) is 0. The first-order valence-corrected chi connectivity index (χ1v) is 5.25. The lowest BCUT2D eigenvalue weighted by molar-refractivity contribution is -0.107. The monoisotopic (exact) mass is 256 g/mol. The summed E-state index contributed by atoms with van der Waals surface area (Å²) in [6.45, 7) is 1.99. The second-order valence-corrected chi connectivity index (χ2v) is 4.04. The van der Waals surface area contributed by atoms with E-state index in [9.17, 15) is 4.79 Å². The highest BCUT2D eigenvalue weighted by Gasteiger charge is 2.07. The minimum Gasteiger partial charge on any atom is -0.496 e. The van der Waals surface area contributed by atoms with Gasteiger partial charge in [0.25, 0.3) is 0 Å². The van der Waals surface area contributed by atoms with Crippen molar-refractivity contribution in [3.8, 4) is 5.75 Å². The maximum absolute atomic E-state index is 10.3. The Hall–Kier alpha value is -0.830. The van der Waals surface area contributed by atoms with Crippen LogP contribution in [-0.4, -0.2) is 13.4 Å². The summed E-state index contributed by atoms with van der Waals surface area (Å²) in [6, 6.07) is 4.00. The van der Waals surface area contributed by atoms with Gasteiger partial charge in [-0.15, -0.1) is 0 Å². The number of carbonyl (C=O) groups excluding carboxylic acids is 1. The molecule has 76 valence electrons. The van der Waals surface area contributed by atoms with Crippen LogP contribution in [0.5, 0.6) is 5.75 Å². The average Bonchev–Trinajstić information content (AvgIpc) is 2.14. The van der Waals surface area contributed by atoms with Gasteiger partial charge in [-0.05, 0) is 36.6 Å². The van der Waals surface area contributed by atoms with E-state index in [0.29, 0.717) is 6.42 Å². The molecule has 0 spiro atoms. The summed E-state index contributed by atoms with van der Waals surface area (Å²) in [7, 11) is 1.65. The van der Waals surface area contributed by atoms with Crippen molar-refractivity contribution < 1.29 is 9.53 Å². The predicted molar refractivity (Wildman–Crippen MR) is 59.8 cm³/mol. The summed E-state index contributed by atoms with van der Waals surface area (Å²) in [5.74, 6) is 0.884. The average molecular weight is 257 g/mol. The molecule has 1 rings (SSSR count). The zero-order valence-corrected chi connectivity index (χ0v) is 9.93. The SMILES string of the molecule is COc1c(C)cc(Br)cc1CCC=O. The van der Waals surface area contributed by atoms with E-state index in [-0.39, 0.29) is 0 Å². The third-order valence-corrected chi connectivity index (χ3v) is 2.51. The maximum Gasteiger partial charge on any atom is 0.125 e. The molecule has 2 nitrogen and oxygen atoms in total. The fraction of sp³-hybridized carbons (Fsp3) is 0.364. The number of methoxy groups -OCH3 is 1. The Kier molecular flexibility index (Phi) is 4.14. The van der Waals surface area contributed by atoms with Gasteiger partial charge >= 0.3 is 0 Å². The largest absolute Gasteiger partial charge is 0.496 e. The molecule has 0 aliphatic rings. The lowest BCUT2D eigenvalue weighted by Gasteiger charge is -2.11. The predicted octanol–water partition coefficient (Wildman–Crippen LogP) is 2.90. The van der Waals surface area contributed by atoms with Crippen LogP contribution in [0.4, 0.5) is 0 Å². The Morgan fingerprint density at radius 2 is 2.21 bits per heavy atom. The molecule has 14 heavy (non-hydrogen) atoms. The lowest BCUT2D eigenvalue weighted by Crippen LogP contribution is -1.95. The van der Waals surface area contributed by atoms with Crippen LogP contribution in [0.3, 0.4) is 0 Å². The van der Waals surface area contributed by atoms with E-state index in [4.69, 9.17) is 4.74 Å². The highest BCUT2D eigenvalue weighted by atomic mass is 79.9. The topological polar surface area (TPSA) is 26.3 Å². The Labute approximate surface area is 92.4 Å². The van der Waals surface area contributed by atoms with E-state index >= 15 is 0 Å². The first-order chi connectivity index (χ1) is 6.69. The number of ether oxygens (including phenoxy) is 1. The fourth-order valence-corrected chi connectivity index (χ4v) is 2.11. The van der Waals surface area contributed by atoms with Gasteiger partial charge in [-0.3, -0.25) is 0 Å². The van der Waals surface area contributed by atoms with E-state index in [1.165, 1.54) is 0 Å². The number of hydrogen-bond donors (Lipinski definition) is 0. The van der Waals surface area contributed by atoms with Gasteiger partial charge in [0.1, 0.15) is 12.0 Å². The fourth-order valence-electron chi connectivity index (χ4n) is 1.49. The molecule has 0 unspecified atom stereocenters. The van der Waals surface area contributed by atoms with Crippen molar-refractivity contribution in [1.29, 1.82) is 0 Å². The van der Waals surface area contributed by atoms with Crippen molar-refractivity contribution in [3.05, 3.63) is 27.7 Å². The molecular formula is C11H13BrO2. The summed E-state index contributed by atoms with van der Waals surface area (Å²) in [6.07, 6.45) is 2.19. The minimum absolute atomic E-state index is 0.534. The summed E-state index contributed by atoms with van der Waals surface area (Å²) < 4.78 is 6.32. The molecule has 0 fully saturated rings. The maximum atomic E-state index is 10.3. The van der Waals surface area contributed by atoms with Gasteiger partial charge in [-0.2, -0.15) is 0 Å². The highest BCUT2D eigenvalue weighted by molar-refractivity contribution is 9.10. The Balaban J connectivity index is 3.04. The molecule has 0 amide bonds. The summed E-state index contributed by atoms with van der Waals surface area (Å²) in [5.41, 5.74) is 2.16. The van der Waals surface area contributed by atoms with Crippen LogP contribution in [0, 0.1) is 6.92 Å². The third-order valence-electron chi connectivity index (χ3n) is 2.05. The molecule has 0 aliphatic carbocycles. The Morgan fingerprint density at radius 1 is 1.50 bits per heavy atom. The first kappa shape index (κ1) is 11.2. The van der Waals surface area contributed by atoms with E-state index in [0.717, 1.165) is 34.1 Å². The van der Waals surface area contributed by atoms with E-state index < -0.39 is 0 Å². The van der Waals surface area contributed by atoms with Crippen LogP contribution >= 0.6 is 15.9 Å². The minimum atomic E-state index is 0.534. The lowest BCUT2D eigenvalue weighted by atomic mass is 10.1. The molecule has 0 saturated carbocycles. The highest BCUT2D eigenvalue weighted by Crippen LogP contribution is 2.28. The number of aryl methyl sites for hydroxylation is 2. The Morgan fingerprint density at radius 3 is 2.79 bits per heavy atom. The van der Waals surface area contributed by atoms with Crippen LogP contribution < -0.4 is 4.74 Å². The molecular weight excluding hydrogens is 244 g/mol. The van der Waals surface area contributed by atoms with E-state index in [1.807, 2.05) is 19.1 Å². The second kappa shape index (κ2) is 5.15. The van der Waals surface area contributed by atoms with Crippen molar-refractivity contribution in [3.63, 3.8) is 0 Å². The number of rotatable bonds is 4. The van der Waals surface area contributed by atoms with Gasteiger partial charge < -0.3 is 9.53 Å². The Bertz CT molecular complexity index is 334. The zero-order valence-electron chi connectivity index (χ0n) is 8.34. The molecule has 0 radical (unpaired) electrons. The van der Waals surface area contributed by atoms with Crippen molar-refractivity contribution in [2.75, 3.05) is 7.11 Å². The van der Waals surface area contributed by atoms with Gasteiger partial charge in [0, 0.05) is 10.9 Å². The second-order valence-electron chi connectivity index (χ2n) is 3.12. The number of benzene rings is 1. The van der Waals surface area contributed by atoms with Crippen molar-refractivity contribution in [1.82, 2.24) is 0 Å². The molecule has 0 aliphatic heterocycles. The number of halogens is 1. The summed E-state index contributed by atoms with van der Waals surface area (Å²) in [4.78, 5) is 10.3. The van der Waals surface area contributed by atoms with Gasteiger partial charge in [0.2, 0.25) is 0 Å². The van der Waals surface area contributed by atoms with Gasteiger partial charge in [-0.1, -0.05) is 15.9 Å². The molecule has 0 heterocycles. The smallest absolute Gasteiger partial charge is 0.125 e. The molecule has 0 aromatic heterocycles. The van der Waals surface area contributed by atoms with Crippen molar-refractivity contribution >= 4 is 22.2 Å². The van der Waals surface area contributed by atoms with Gasteiger partial charge in [-0.25, -0.2) is 0 Å². The van der Waals surface area contributed by atoms with Crippen molar-refractivity contribution in [2.24, 2.45) is 0 Å². The first-order valence-electron chi connectivity index (χ1n) is 4.45. The third kappa shape index (κ3) is 2.58. The molecule has 0 saturated heterocycles. The molecule has 1 aromatic carbocycles. The molecule has 0 bridgehead atoms. The zero-order chi connectivity index (χ0) is 10.6. The number of aldehydes is 1. The van der Waals surface area contributed by atoms with Gasteiger partial charge in [0.05, 0.1) is 7.11 Å². The van der Waals surface area contributed by atoms with Gasteiger partial charge in [0.15, 0.2) is 0 Å². The molecule has 1 aromatic rings. The number of hydrogen-bond acceptors (Lipinski definition) is 2. The van der Waals surface area contributed by atoms with E-state index in [1.54, 1.807) is 7.11 Å². The van der Waals surface area contributed by atoms with Crippen LogP contribution in [0.2, 0.25) is 0 Å². The molecule has 0 atom stereocenters. The van der Waals surface area contributed by atoms with E-state index in [2.05, 4.69) is 15.9 Å². The van der Waals surface area contributed by atoms with Crippen molar-refractivity contribution in [2.45, 2.75) is 19.8 Å².